The van der Waals surface area contributed by atoms with Crippen LogP contribution < -0.4 is 0 Å². The number of carbonyl (C=O) groups is 1. The number of methoxy groups -OCH3 is 1. The van der Waals surface area contributed by atoms with Crippen molar-refractivity contribution in [1.29, 1.82) is 0 Å². The van der Waals surface area contributed by atoms with E-state index in [1.807, 2.05) is 0 Å². The van der Waals surface area contributed by atoms with Gasteiger partial charge in [0, 0.05) is 24.3 Å². The van der Waals surface area contributed by atoms with Crippen molar-refractivity contribution in [1.82, 2.24) is 0 Å². The molecule has 0 aliphatic heterocycles. The van der Waals surface area contributed by atoms with Gasteiger partial charge in [-0.3, -0.25) is 4.55 Å². The van der Waals surface area contributed by atoms with Crippen LogP contribution >= 0.6 is 0 Å². The van der Waals surface area contributed by atoms with Crippen LogP contribution in [0, 0.1) is 0 Å². The summed E-state index contributed by atoms with van der Waals surface area (Å²) < 4.78 is 36.9. The average Bonchev–Trinajstić information content (AvgIpc) is 2.52. The Kier molecular flexibility index (Phi) is 4.98. The summed E-state index contributed by atoms with van der Waals surface area (Å²) >= 11 is 0. The summed E-state index contributed by atoms with van der Waals surface area (Å²) in [7, 11) is -3.78. The number of ether oxygens (including phenoxy) is 1. The van der Waals surface area contributed by atoms with Crippen LogP contribution in [0.4, 0.5) is 0 Å². The van der Waals surface area contributed by atoms with Gasteiger partial charge in [-0.05, 0) is 18.2 Å². The van der Waals surface area contributed by atoms with E-state index in [0.717, 1.165) is 25.3 Å². The van der Waals surface area contributed by atoms with E-state index in [0.29, 0.717) is 6.07 Å². The third-order valence-electron chi connectivity index (χ3n) is 3.54. The fourth-order valence-corrected chi connectivity index (χ4v) is 3.04. The van der Waals surface area contributed by atoms with Crippen LogP contribution in [0.15, 0.2) is 29.2 Å². The Morgan fingerprint density at radius 1 is 1.00 bits per heavy atom. The summed E-state index contributed by atoms with van der Waals surface area (Å²) in [6.45, 7) is 0. The Balaban J connectivity index is 2.73. The first-order chi connectivity index (χ1) is 12.0. The molecule has 2 rings (SSSR count). The topological polar surface area (TPSA) is 182 Å². The van der Waals surface area contributed by atoms with Crippen molar-refractivity contribution in [3.8, 4) is 23.0 Å². The zero-order chi connectivity index (χ0) is 19.8. The predicted molar refractivity (Wildman–Crippen MR) is 85.2 cm³/mol. The molecule has 2 aromatic rings. The third-order valence-corrected chi connectivity index (χ3v) is 4.41. The molecule has 0 heterocycles. The maximum Gasteiger partial charge on any atom is 0.339 e. The number of aromatic hydroxyl groups is 4. The molecule has 6 N–H and O–H groups in total. The maximum absolute atomic E-state index is 11.3. The monoisotopic (exact) mass is 386 g/mol. The van der Waals surface area contributed by atoms with Gasteiger partial charge in [-0.1, -0.05) is 0 Å². The maximum atomic E-state index is 11.3. The second-order valence-electron chi connectivity index (χ2n) is 5.21. The molecule has 0 spiro atoms. The van der Waals surface area contributed by atoms with Gasteiger partial charge >= 0.3 is 5.97 Å². The zero-order valence-corrected chi connectivity index (χ0v) is 13.9. The van der Waals surface area contributed by atoms with Crippen LogP contribution in [-0.2, 0) is 14.9 Å². The Morgan fingerprint density at radius 3 is 2.12 bits per heavy atom. The van der Waals surface area contributed by atoms with Crippen LogP contribution in [0.2, 0.25) is 0 Å². The molecule has 0 radical (unpaired) electrons. The standard InChI is InChI=1S/C15H14O10S/c1-25-14(7-4-11(18)8(15(20)21)5-10(7)17)9-2-6(16)3-12(13(9)19)26(22,23)24/h2-5,14,16-19H,1H3,(H,20,21)(H,22,23,24). The van der Waals surface area contributed by atoms with Crippen molar-refractivity contribution in [3.63, 3.8) is 0 Å². The second-order valence-corrected chi connectivity index (χ2v) is 6.60. The second kappa shape index (κ2) is 6.71. The highest BCUT2D eigenvalue weighted by Gasteiger charge is 2.28. The lowest BCUT2D eigenvalue weighted by Gasteiger charge is -2.20. The van der Waals surface area contributed by atoms with Crippen molar-refractivity contribution in [2.75, 3.05) is 7.11 Å². The molecular formula is C15H14O10S. The Labute approximate surface area is 146 Å². The number of carboxylic acid groups (broad SMARTS) is 1. The minimum Gasteiger partial charge on any atom is -0.508 e. The van der Waals surface area contributed by atoms with Crippen molar-refractivity contribution >= 4 is 16.1 Å². The van der Waals surface area contributed by atoms with Crippen molar-refractivity contribution in [3.05, 3.63) is 41.0 Å². The SMILES string of the molecule is COC(c1cc(O)c(C(=O)O)cc1O)c1cc(O)cc(S(=O)(=O)O)c1O. The first kappa shape index (κ1) is 19.3. The van der Waals surface area contributed by atoms with E-state index in [1.54, 1.807) is 0 Å². The number of aromatic carboxylic acids is 1. The summed E-state index contributed by atoms with van der Waals surface area (Å²) in [5.41, 5.74) is -1.19. The van der Waals surface area contributed by atoms with Crippen molar-refractivity contribution in [2.24, 2.45) is 0 Å². The normalized spacial score (nSPS) is 12.7. The van der Waals surface area contributed by atoms with Crippen LogP contribution in [0.25, 0.3) is 0 Å². The first-order valence-corrected chi connectivity index (χ1v) is 8.26. The summed E-state index contributed by atoms with van der Waals surface area (Å²) in [6, 6.07) is 3.11. The molecule has 26 heavy (non-hydrogen) atoms. The van der Waals surface area contributed by atoms with Crippen LogP contribution in [0.3, 0.4) is 0 Å². The molecule has 10 nitrogen and oxygen atoms in total. The van der Waals surface area contributed by atoms with E-state index in [1.165, 1.54) is 0 Å². The van der Waals surface area contributed by atoms with Gasteiger partial charge in [0.05, 0.1) is 0 Å². The molecule has 0 amide bonds. The molecule has 1 atom stereocenters. The number of phenolic OH excluding ortho intramolecular Hbond substituents is 3. The third kappa shape index (κ3) is 3.49. The molecule has 1 unspecified atom stereocenters. The zero-order valence-electron chi connectivity index (χ0n) is 13.1. The van der Waals surface area contributed by atoms with E-state index >= 15 is 0 Å². The molecule has 0 aliphatic carbocycles. The molecule has 0 aliphatic rings. The Morgan fingerprint density at radius 2 is 1.62 bits per heavy atom. The smallest absolute Gasteiger partial charge is 0.339 e. The van der Waals surface area contributed by atoms with E-state index in [2.05, 4.69) is 0 Å². The van der Waals surface area contributed by atoms with Gasteiger partial charge in [0.15, 0.2) is 0 Å². The largest absolute Gasteiger partial charge is 0.508 e. The molecule has 0 saturated carbocycles. The van der Waals surface area contributed by atoms with Gasteiger partial charge < -0.3 is 30.3 Å². The number of rotatable bonds is 5. The predicted octanol–water partition coefficient (Wildman–Crippen LogP) is 1.19. The first-order valence-electron chi connectivity index (χ1n) is 6.82. The molecule has 2 aromatic carbocycles. The quantitative estimate of drug-likeness (QED) is 0.322. The summed E-state index contributed by atoms with van der Waals surface area (Å²) in [6.07, 6.45) is -1.42. The molecule has 11 heteroatoms. The van der Waals surface area contributed by atoms with E-state index in [9.17, 15) is 33.6 Å². The van der Waals surface area contributed by atoms with Gasteiger partial charge in [0.25, 0.3) is 10.1 Å². The fraction of sp³-hybridized carbons (Fsp3) is 0.133. The summed E-state index contributed by atoms with van der Waals surface area (Å²) in [4.78, 5) is 9.98. The van der Waals surface area contributed by atoms with E-state index < -0.39 is 55.6 Å². The highest BCUT2D eigenvalue weighted by molar-refractivity contribution is 7.86. The van der Waals surface area contributed by atoms with Crippen LogP contribution in [-0.4, -0.2) is 51.6 Å². The van der Waals surface area contributed by atoms with E-state index in [4.69, 9.17) is 14.4 Å². The lowest BCUT2D eigenvalue weighted by atomic mass is 9.97. The summed E-state index contributed by atoms with van der Waals surface area (Å²) in [5, 5.41) is 48.6. The highest BCUT2D eigenvalue weighted by atomic mass is 32.2. The Hall–Kier alpha value is -3.02. The molecule has 0 aromatic heterocycles. The number of hydrogen-bond donors (Lipinski definition) is 6. The van der Waals surface area contributed by atoms with Gasteiger partial charge in [-0.25, -0.2) is 4.79 Å². The van der Waals surface area contributed by atoms with E-state index in [-0.39, 0.29) is 11.1 Å². The average molecular weight is 386 g/mol. The van der Waals surface area contributed by atoms with Gasteiger partial charge in [-0.15, -0.1) is 0 Å². The number of benzene rings is 2. The minimum absolute atomic E-state index is 0.225. The molecule has 0 bridgehead atoms. The number of hydrogen-bond acceptors (Lipinski definition) is 8. The Bertz CT molecular complexity index is 980. The van der Waals surface area contributed by atoms with Gasteiger partial charge in [0.2, 0.25) is 0 Å². The van der Waals surface area contributed by atoms with Gasteiger partial charge in [-0.2, -0.15) is 8.42 Å². The summed E-state index contributed by atoms with van der Waals surface area (Å²) in [5.74, 6) is -4.46. The molecule has 140 valence electrons. The van der Waals surface area contributed by atoms with Crippen molar-refractivity contribution in [2.45, 2.75) is 11.0 Å². The number of carboxylic acids is 1. The molecule has 0 saturated heterocycles. The van der Waals surface area contributed by atoms with Crippen LogP contribution in [0.5, 0.6) is 23.0 Å². The highest BCUT2D eigenvalue weighted by Crippen LogP contribution is 2.42. The lowest BCUT2D eigenvalue weighted by molar-refractivity contribution is 0.0692. The van der Waals surface area contributed by atoms with Crippen LogP contribution in [0.1, 0.15) is 27.6 Å². The molecule has 0 fully saturated rings. The van der Waals surface area contributed by atoms with Crippen molar-refractivity contribution < 1.29 is 48.0 Å². The number of phenols is 4. The minimum atomic E-state index is -4.89. The molecular weight excluding hydrogens is 372 g/mol. The fourth-order valence-electron chi connectivity index (χ4n) is 2.41. The van der Waals surface area contributed by atoms with Gasteiger partial charge in [0.1, 0.15) is 39.6 Å². The lowest BCUT2D eigenvalue weighted by Crippen LogP contribution is -2.08.